The van der Waals surface area contributed by atoms with Gasteiger partial charge in [0.05, 0.1) is 0 Å². The Morgan fingerprint density at radius 1 is 0.408 bits per heavy atom. The van der Waals surface area contributed by atoms with Crippen LogP contribution >= 0.6 is 0 Å². The van der Waals surface area contributed by atoms with Crippen molar-refractivity contribution in [2.45, 2.75) is 172 Å². The maximum atomic E-state index is 9.96. The van der Waals surface area contributed by atoms with E-state index in [0.717, 1.165) is 51.4 Å². The average molecular weight is 671 g/mol. The zero-order valence-corrected chi connectivity index (χ0v) is 30.3. The first-order valence-corrected chi connectivity index (χ1v) is 18.9. The number of aliphatic hydroxyl groups is 4. The zero-order valence-electron chi connectivity index (χ0n) is 30.3. The van der Waals surface area contributed by atoms with Crippen molar-refractivity contribution >= 4 is 0 Å². The average Bonchev–Trinajstić information content (AvgIpc) is 3.11. The predicted octanol–water partition coefficient (Wildman–Crippen LogP) is 9.46. The molecule has 0 aliphatic heterocycles. The first-order chi connectivity index (χ1) is 24.0. The Balaban J connectivity index is 3.57. The molecule has 0 amide bonds. The van der Waals surface area contributed by atoms with Gasteiger partial charge >= 0.3 is 0 Å². The van der Waals surface area contributed by atoms with Crippen LogP contribution in [0.4, 0.5) is 0 Å². The van der Waals surface area contributed by atoms with Crippen molar-refractivity contribution < 1.29 is 20.4 Å². The van der Waals surface area contributed by atoms with Gasteiger partial charge in [-0.1, -0.05) is 136 Å². The van der Waals surface area contributed by atoms with Gasteiger partial charge in [0.1, 0.15) is 18.3 Å². The molecule has 4 nitrogen and oxygen atoms in total. The normalized spacial score (nSPS) is 14.1. The largest absolute Gasteiger partial charge is 0.380 e. The molecule has 270 valence electrons. The molecule has 0 radical (unpaired) electrons. The van der Waals surface area contributed by atoms with Crippen LogP contribution in [0, 0.1) is 48.4 Å². The number of allylic oxidation sites excluding steroid dienone is 8. The van der Waals surface area contributed by atoms with Gasteiger partial charge in [-0.3, -0.25) is 0 Å². The Labute approximate surface area is 301 Å². The van der Waals surface area contributed by atoms with Crippen molar-refractivity contribution in [1.29, 1.82) is 0 Å². The van der Waals surface area contributed by atoms with E-state index in [0.29, 0.717) is 6.42 Å². The maximum Gasteiger partial charge on any atom is 0.177 e. The Morgan fingerprint density at radius 2 is 0.796 bits per heavy atom. The van der Waals surface area contributed by atoms with Gasteiger partial charge < -0.3 is 20.4 Å². The van der Waals surface area contributed by atoms with E-state index >= 15 is 0 Å². The molecule has 0 saturated carbocycles. The Morgan fingerprint density at radius 3 is 1.29 bits per heavy atom. The van der Waals surface area contributed by atoms with Crippen LogP contribution in [0.5, 0.6) is 0 Å². The van der Waals surface area contributed by atoms with Crippen molar-refractivity contribution in [3.05, 3.63) is 60.8 Å². The summed E-state index contributed by atoms with van der Waals surface area (Å²) in [6.07, 6.45) is 53.2. The predicted molar refractivity (Wildman–Crippen MR) is 209 cm³/mol. The van der Waals surface area contributed by atoms with E-state index in [1.54, 1.807) is 18.2 Å². The fourth-order valence-electron chi connectivity index (χ4n) is 5.02. The van der Waals surface area contributed by atoms with Crippen LogP contribution in [-0.4, -0.2) is 44.8 Å². The van der Waals surface area contributed by atoms with Crippen molar-refractivity contribution in [2.24, 2.45) is 0 Å². The van der Waals surface area contributed by atoms with Gasteiger partial charge in [0.25, 0.3) is 0 Å². The molecular formula is C45H66O4. The van der Waals surface area contributed by atoms with Crippen LogP contribution in [-0.2, 0) is 0 Å². The molecule has 0 fully saturated rings. The fourth-order valence-corrected chi connectivity index (χ4v) is 5.02. The summed E-state index contributed by atoms with van der Waals surface area (Å²) in [7, 11) is 0. The molecule has 0 aliphatic carbocycles. The number of unbranched alkanes of at least 4 members (excludes halogenated alkanes) is 18. The highest BCUT2D eigenvalue weighted by Gasteiger charge is 2.00. The Kier molecular flexibility index (Phi) is 35.1. The third-order valence-electron chi connectivity index (χ3n) is 7.95. The lowest BCUT2D eigenvalue weighted by molar-refractivity contribution is 0.216. The van der Waals surface area contributed by atoms with Crippen LogP contribution in [0.15, 0.2) is 60.8 Å². The quantitative estimate of drug-likeness (QED) is 0.0363. The molecule has 0 bridgehead atoms. The highest BCUT2D eigenvalue weighted by molar-refractivity contribution is 5.25. The lowest BCUT2D eigenvalue weighted by Crippen LogP contribution is -2.05. The molecule has 0 saturated heterocycles. The smallest absolute Gasteiger partial charge is 0.177 e. The number of hydrogen-bond donors (Lipinski definition) is 4. The zero-order chi connectivity index (χ0) is 35.9. The first kappa shape index (κ1) is 45.8. The second-order valence-corrected chi connectivity index (χ2v) is 12.5. The van der Waals surface area contributed by atoms with Gasteiger partial charge in [0.2, 0.25) is 0 Å². The number of hydrogen-bond acceptors (Lipinski definition) is 4. The Bertz CT molecular complexity index is 1120. The molecule has 49 heavy (non-hydrogen) atoms. The highest BCUT2D eigenvalue weighted by Crippen LogP contribution is 2.13. The summed E-state index contributed by atoms with van der Waals surface area (Å²) in [6.45, 7) is 0. The third-order valence-corrected chi connectivity index (χ3v) is 7.95. The van der Waals surface area contributed by atoms with E-state index in [1.807, 2.05) is 18.2 Å². The SMILES string of the molecule is C#C[C@@H](O)/C=C/CCCCCC(O)C#CC(O)C#C/C=C/CC/C=C\CCCC/C=C\CCCCCCCCCCCC/C=C/[C@@H](O)C#C. The molecule has 0 aromatic rings. The molecule has 0 aromatic heterocycles. The molecule has 0 aliphatic rings. The summed E-state index contributed by atoms with van der Waals surface area (Å²) >= 11 is 0. The van der Waals surface area contributed by atoms with Crippen molar-refractivity contribution in [3.63, 3.8) is 0 Å². The van der Waals surface area contributed by atoms with Gasteiger partial charge in [-0.25, -0.2) is 0 Å². The van der Waals surface area contributed by atoms with E-state index in [-0.39, 0.29) is 0 Å². The van der Waals surface area contributed by atoms with Crippen LogP contribution in [0.25, 0.3) is 0 Å². The molecule has 4 heteroatoms. The Hall–Kier alpha value is -3.22. The van der Waals surface area contributed by atoms with E-state index in [9.17, 15) is 20.4 Å². The monoisotopic (exact) mass is 670 g/mol. The maximum absolute atomic E-state index is 9.96. The van der Waals surface area contributed by atoms with Gasteiger partial charge in [-0.05, 0) is 108 Å². The van der Waals surface area contributed by atoms with Crippen molar-refractivity contribution in [2.75, 3.05) is 0 Å². The fraction of sp³-hybridized carbons (Fsp3) is 0.600. The van der Waals surface area contributed by atoms with Crippen LogP contribution < -0.4 is 0 Å². The minimum Gasteiger partial charge on any atom is -0.380 e. The molecule has 0 rings (SSSR count). The second-order valence-electron chi connectivity index (χ2n) is 12.5. The van der Waals surface area contributed by atoms with E-state index < -0.39 is 24.4 Å². The standard InChI is InChI=1S/C45H66O4/c1-3-42(46)36-32-28-25-23-21-19-17-15-13-11-9-7-5-6-8-10-12-14-16-18-20-22-24-26-29-34-38-44(48)40-41-45(49)39-35-31-27-30-33-37-43(47)4-2/h1-2,6,8,18,20,26,29,32-33,36-37,42-49H,5,7,9-17,19,21-25,27-28,30-31,35,39H2/b8-6-,20-18-,29-26+,36-32+,37-33+/t42-,43+,44?,45?/m0/s1. The molecule has 0 heterocycles. The van der Waals surface area contributed by atoms with Crippen molar-refractivity contribution in [1.82, 2.24) is 0 Å². The van der Waals surface area contributed by atoms with E-state index in [2.05, 4.69) is 59.8 Å². The number of rotatable bonds is 29. The third kappa shape index (κ3) is 37.4. The summed E-state index contributed by atoms with van der Waals surface area (Å²) in [5.74, 6) is 15.3. The molecule has 0 aromatic carbocycles. The summed E-state index contributed by atoms with van der Waals surface area (Å²) < 4.78 is 0. The number of terminal acetylenes is 2. The lowest BCUT2D eigenvalue weighted by Gasteiger charge is -2.02. The van der Waals surface area contributed by atoms with E-state index in [1.165, 1.54) is 89.9 Å². The summed E-state index contributed by atoms with van der Waals surface area (Å²) in [5.41, 5.74) is 0. The minimum absolute atomic E-state index is 0.557. The van der Waals surface area contributed by atoms with Crippen LogP contribution in [0.1, 0.15) is 148 Å². The van der Waals surface area contributed by atoms with E-state index in [4.69, 9.17) is 12.8 Å². The molecule has 4 N–H and O–H groups in total. The van der Waals surface area contributed by atoms with Crippen molar-refractivity contribution in [3.8, 4) is 48.4 Å². The van der Waals surface area contributed by atoms with Gasteiger partial charge in [-0.2, -0.15) is 0 Å². The minimum atomic E-state index is -1.06. The topological polar surface area (TPSA) is 80.9 Å². The van der Waals surface area contributed by atoms with Crippen LogP contribution in [0.2, 0.25) is 0 Å². The van der Waals surface area contributed by atoms with Crippen LogP contribution in [0.3, 0.4) is 0 Å². The lowest BCUT2D eigenvalue weighted by atomic mass is 10.0. The second kappa shape index (κ2) is 37.6. The molecular weight excluding hydrogens is 604 g/mol. The summed E-state index contributed by atoms with van der Waals surface area (Å²) in [4.78, 5) is 0. The van der Waals surface area contributed by atoms with Gasteiger partial charge in [-0.15, -0.1) is 12.8 Å². The highest BCUT2D eigenvalue weighted by atomic mass is 16.3. The number of aliphatic hydroxyl groups excluding tert-OH is 4. The molecule has 0 spiro atoms. The molecule has 4 atom stereocenters. The molecule has 2 unspecified atom stereocenters. The first-order valence-electron chi connectivity index (χ1n) is 18.9. The van der Waals surface area contributed by atoms with Gasteiger partial charge in [0, 0.05) is 0 Å². The summed E-state index contributed by atoms with van der Waals surface area (Å²) in [5, 5.41) is 38.3. The van der Waals surface area contributed by atoms with Gasteiger partial charge in [0.15, 0.2) is 6.10 Å². The summed E-state index contributed by atoms with van der Waals surface area (Å²) in [6, 6.07) is 0.